The standard InChI is InChI=1S/C22H26N4O3.CH2O2/c1-15(27)24-11-21(28)26-13-17-12-25(18-7-9-23-10-8-18)14-20(17)22(26)16-3-5-19(29-2)6-4-16;2-1-3/h3-10,17,20,22H,11-14H2,1-2H3,(H,24,27);1H,(H,2,3)/t17-,20-,22-;/m0./s1. The average molecular weight is 441 g/mol. The normalized spacial score (nSPS) is 21.2. The molecule has 2 saturated heterocycles. The molecule has 170 valence electrons. The minimum atomic E-state index is -0.250. The minimum Gasteiger partial charge on any atom is -0.497 e. The minimum absolute atomic E-state index is 0.0148. The molecule has 2 N–H and O–H groups in total. The van der Waals surface area contributed by atoms with E-state index in [9.17, 15) is 9.59 Å². The molecule has 32 heavy (non-hydrogen) atoms. The highest BCUT2D eigenvalue weighted by Crippen LogP contribution is 2.46. The third-order valence-corrected chi connectivity index (χ3v) is 5.96. The van der Waals surface area contributed by atoms with E-state index in [1.165, 1.54) is 12.6 Å². The van der Waals surface area contributed by atoms with Gasteiger partial charge in [-0.25, -0.2) is 0 Å². The molecule has 0 bridgehead atoms. The van der Waals surface area contributed by atoms with Crippen molar-refractivity contribution in [1.82, 2.24) is 15.2 Å². The summed E-state index contributed by atoms with van der Waals surface area (Å²) in [5.74, 6) is 1.28. The van der Waals surface area contributed by atoms with E-state index in [1.807, 2.05) is 53.7 Å². The third-order valence-electron chi connectivity index (χ3n) is 5.96. The molecule has 2 fully saturated rings. The van der Waals surface area contributed by atoms with Gasteiger partial charge in [-0.15, -0.1) is 0 Å². The summed E-state index contributed by atoms with van der Waals surface area (Å²) in [4.78, 5) is 41.0. The number of carbonyl (C=O) groups is 3. The number of carbonyl (C=O) groups excluding carboxylic acids is 2. The van der Waals surface area contributed by atoms with Crippen molar-refractivity contribution in [1.29, 1.82) is 0 Å². The van der Waals surface area contributed by atoms with Crippen LogP contribution < -0.4 is 15.0 Å². The number of rotatable bonds is 5. The lowest BCUT2D eigenvalue weighted by molar-refractivity contribution is -0.133. The van der Waals surface area contributed by atoms with Gasteiger partial charge in [-0.2, -0.15) is 0 Å². The van der Waals surface area contributed by atoms with Crippen molar-refractivity contribution in [3.8, 4) is 5.75 Å². The van der Waals surface area contributed by atoms with Crippen LogP contribution in [0.3, 0.4) is 0 Å². The van der Waals surface area contributed by atoms with Crippen LogP contribution in [0.5, 0.6) is 5.75 Å². The first-order valence-corrected chi connectivity index (χ1v) is 10.4. The van der Waals surface area contributed by atoms with Crippen molar-refractivity contribution in [2.24, 2.45) is 11.8 Å². The number of carboxylic acid groups (broad SMARTS) is 1. The zero-order valence-corrected chi connectivity index (χ0v) is 18.2. The first-order valence-electron chi connectivity index (χ1n) is 10.4. The van der Waals surface area contributed by atoms with Gasteiger partial charge in [0.1, 0.15) is 5.75 Å². The molecule has 0 aliphatic carbocycles. The van der Waals surface area contributed by atoms with Gasteiger partial charge < -0.3 is 25.0 Å². The van der Waals surface area contributed by atoms with E-state index < -0.39 is 0 Å². The fourth-order valence-corrected chi connectivity index (χ4v) is 4.60. The van der Waals surface area contributed by atoms with Crippen molar-refractivity contribution in [3.63, 3.8) is 0 Å². The molecule has 2 aromatic rings. The Morgan fingerprint density at radius 1 is 1.16 bits per heavy atom. The van der Waals surface area contributed by atoms with Gasteiger partial charge in [-0.1, -0.05) is 12.1 Å². The average Bonchev–Trinajstić information content (AvgIpc) is 3.37. The van der Waals surface area contributed by atoms with Crippen molar-refractivity contribution < 1.29 is 24.2 Å². The van der Waals surface area contributed by atoms with Gasteiger partial charge in [0.05, 0.1) is 19.7 Å². The first-order chi connectivity index (χ1) is 15.5. The summed E-state index contributed by atoms with van der Waals surface area (Å²) in [6, 6.07) is 12.0. The Labute approximate surface area is 187 Å². The van der Waals surface area contributed by atoms with E-state index in [1.54, 1.807) is 7.11 Å². The van der Waals surface area contributed by atoms with Crippen LogP contribution in [-0.4, -0.2) is 66.6 Å². The van der Waals surface area contributed by atoms with Gasteiger partial charge in [0.2, 0.25) is 11.8 Å². The van der Waals surface area contributed by atoms with E-state index in [4.69, 9.17) is 14.6 Å². The smallest absolute Gasteiger partial charge is 0.290 e. The molecule has 4 rings (SSSR count). The number of aromatic nitrogens is 1. The second-order valence-corrected chi connectivity index (χ2v) is 7.81. The number of hydrogen-bond donors (Lipinski definition) is 2. The lowest BCUT2D eigenvalue weighted by atomic mass is 9.89. The molecule has 0 unspecified atom stereocenters. The Hall–Kier alpha value is -3.62. The molecule has 3 heterocycles. The fraction of sp³-hybridized carbons (Fsp3) is 0.391. The molecule has 1 aromatic carbocycles. The predicted octanol–water partition coefficient (Wildman–Crippen LogP) is 1.56. The number of benzene rings is 1. The SMILES string of the molecule is COc1ccc([C@H]2[C@H]3CN(c4ccncc4)C[C@H]3CN2C(=O)CNC(C)=O)cc1.O=CO. The van der Waals surface area contributed by atoms with Gasteiger partial charge in [0, 0.05) is 56.5 Å². The molecule has 0 spiro atoms. The number of likely N-dealkylation sites (tertiary alicyclic amines) is 1. The van der Waals surface area contributed by atoms with Crippen molar-refractivity contribution in [2.75, 3.05) is 38.2 Å². The summed E-state index contributed by atoms with van der Waals surface area (Å²) >= 11 is 0. The van der Waals surface area contributed by atoms with Crippen molar-refractivity contribution in [3.05, 3.63) is 54.4 Å². The fourth-order valence-electron chi connectivity index (χ4n) is 4.60. The van der Waals surface area contributed by atoms with E-state index in [2.05, 4.69) is 15.2 Å². The van der Waals surface area contributed by atoms with Gasteiger partial charge in [0.15, 0.2) is 0 Å². The topological polar surface area (TPSA) is 112 Å². The Bertz CT molecular complexity index is 922. The largest absolute Gasteiger partial charge is 0.497 e. The maximum Gasteiger partial charge on any atom is 0.290 e. The van der Waals surface area contributed by atoms with E-state index in [0.29, 0.717) is 18.4 Å². The van der Waals surface area contributed by atoms with Crippen LogP contribution in [0.2, 0.25) is 0 Å². The number of amides is 2. The lowest BCUT2D eigenvalue weighted by Gasteiger charge is -2.30. The Morgan fingerprint density at radius 3 is 2.41 bits per heavy atom. The zero-order chi connectivity index (χ0) is 23.1. The predicted molar refractivity (Wildman–Crippen MR) is 118 cm³/mol. The van der Waals surface area contributed by atoms with Crippen LogP contribution in [0.1, 0.15) is 18.5 Å². The molecule has 9 heteroatoms. The monoisotopic (exact) mass is 440 g/mol. The Kier molecular flexibility index (Phi) is 7.64. The van der Waals surface area contributed by atoms with E-state index in [0.717, 1.165) is 24.4 Å². The van der Waals surface area contributed by atoms with Crippen LogP contribution in [0.15, 0.2) is 48.8 Å². The number of nitrogens with zero attached hydrogens (tertiary/aromatic N) is 3. The molecule has 1 aromatic heterocycles. The van der Waals surface area contributed by atoms with Gasteiger partial charge in [-0.3, -0.25) is 19.4 Å². The van der Waals surface area contributed by atoms with E-state index >= 15 is 0 Å². The first kappa shape index (κ1) is 23.1. The molecule has 2 amide bonds. The second-order valence-electron chi connectivity index (χ2n) is 7.81. The number of ether oxygens (including phenoxy) is 1. The molecule has 3 atom stereocenters. The maximum atomic E-state index is 12.9. The number of fused-ring (bicyclic) bond motifs is 1. The second kappa shape index (κ2) is 10.6. The number of pyridine rings is 1. The maximum absolute atomic E-state index is 12.9. The molecule has 0 saturated carbocycles. The van der Waals surface area contributed by atoms with Gasteiger partial charge in [0.25, 0.3) is 6.47 Å². The number of nitrogens with one attached hydrogen (secondary N) is 1. The number of hydrogen-bond acceptors (Lipinski definition) is 6. The van der Waals surface area contributed by atoms with E-state index in [-0.39, 0.29) is 30.9 Å². The highest BCUT2D eigenvalue weighted by Gasteiger charge is 2.49. The summed E-state index contributed by atoms with van der Waals surface area (Å²) in [6.07, 6.45) is 3.63. The van der Waals surface area contributed by atoms with Crippen molar-refractivity contribution >= 4 is 24.0 Å². The summed E-state index contributed by atoms with van der Waals surface area (Å²) < 4.78 is 5.29. The summed E-state index contributed by atoms with van der Waals surface area (Å²) in [6.45, 7) is 3.71. The van der Waals surface area contributed by atoms with Crippen LogP contribution in [0.4, 0.5) is 5.69 Å². The zero-order valence-electron chi connectivity index (χ0n) is 18.2. The molecule has 9 nitrogen and oxygen atoms in total. The van der Waals surface area contributed by atoms with Gasteiger partial charge >= 0.3 is 0 Å². The lowest BCUT2D eigenvalue weighted by Crippen LogP contribution is -2.41. The third kappa shape index (κ3) is 5.16. The highest BCUT2D eigenvalue weighted by atomic mass is 16.5. The van der Waals surface area contributed by atoms with Crippen LogP contribution >= 0.6 is 0 Å². The molecule has 2 aliphatic rings. The number of methoxy groups -OCH3 is 1. The van der Waals surface area contributed by atoms with Crippen LogP contribution in [-0.2, 0) is 14.4 Å². The summed E-state index contributed by atoms with van der Waals surface area (Å²) in [5.41, 5.74) is 2.27. The quantitative estimate of drug-likeness (QED) is 0.679. The Morgan fingerprint density at radius 2 is 1.81 bits per heavy atom. The molecule has 2 aliphatic heterocycles. The van der Waals surface area contributed by atoms with Crippen molar-refractivity contribution in [2.45, 2.75) is 13.0 Å². The molecular formula is C23H28N4O5. The van der Waals surface area contributed by atoms with Gasteiger partial charge in [-0.05, 0) is 29.8 Å². The number of anilines is 1. The van der Waals surface area contributed by atoms with Crippen LogP contribution in [0.25, 0.3) is 0 Å². The summed E-state index contributed by atoms with van der Waals surface area (Å²) in [5, 5.41) is 9.53. The van der Waals surface area contributed by atoms with Crippen LogP contribution in [0, 0.1) is 11.8 Å². The summed E-state index contributed by atoms with van der Waals surface area (Å²) in [7, 11) is 1.65. The highest BCUT2D eigenvalue weighted by molar-refractivity contribution is 5.84. The molecule has 0 radical (unpaired) electrons. The Balaban J connectivity index is 0.000000913. The molecular weight excluding hydrogens is 412 g/mol.